The van der Waals surface area contributed by atoms with Crippen LogP contribution in [0.3, 0.4) is 0 Å². The highest BCUT2D eigenvalue weighted by atomic mass is 16.6. The summed E-state index contributed by atoms with van der Waals surface area (Å²) in [4.78, 5) is 10.6. The molecule has 0 radical (unpaired) electrons. The fourth-order valence-corrected chi connectivity index (χ4v) is 2.48. The lowest BCUT2D eigenvalue weighted by atomic mass is 10.1. The van der Waals surface area contributed by atoms with Gasteiger partial charge in [-0.2, -0.15) is 0 Å². The van der Waals surface area contributed by atoms with Gasteiger partial charge in [-0.15, -0.1) is 0 Å². The normalized spacial score (nSPS) is 22.8. The van der Waals surface area contributed by atoms with Crippen molar-refractivity contribution in [2.24, 2.45) is 5.92 Å². The topological polar surface area (TPSA) is 64.4 Å². The molecule has 1 saturated carbocycles. The molecule has 0 aromatic heterocycles. The molecule has 0 heterocycles. The van der Waals surface area contributed by atoms with Gasteiger partial charge in [0.15, 0.2) is 0 Å². The predicted octanol–water partition coefficient (Wildman–Crippen LogP) is 3.20. The summed E-state index contributed by atoms with van der Waals surface area (Å²) < 4.78 is 5.11. The monoisotopic (exact) mass is 250 g/mol. The summed E-state index contributed by atoms with van der Waals surface area (Å²) in [7, 11) is 1.56. The summed E-state index contributed by atoms with van der Waals surface area (Å²) in [5, 5.41) is 14.3. The number of hydrogen-bond donors (Lipinski definition) is 1. The Morgan fingerprint density at radius 3 is 2.78 bits per heavy atom. The minimum Gasteiger partial charge on any atom is -0.497 e. The molecule has 0 amide bonds. The molecule has 1 N–H and O–H groups in total. The molecule has 18 heavy (non-hydrogen) atoms. The molecule has 1 fully saturated rings. The van der Waals surface area contributed by atoms with Gasteiger partial charge in [-0.3, -0.25) is 10.1 Å². The minimum absolute atomic E-state index is 0.107. The molecule has 0 saturated heterocycles. The van der Waals surface area contributed by atoms with E-state index in [4.69, 9.17) is 4.74 Å². The quantitative estimate of drug-likeness (QED) is 0.658. The zero-order chi connectivity index (χ0) is 13.1. The molecule has 0 aliphatic heterocycles. The van der Waals surface area contributed by atoms with Crippen molar-refractivity contribution in [3.63, 3.8) is 0 Å². The molecular weight excluding hydrogens is 232 g/mol. The first-order valence-corrected chi connectivity index (χ1v) is 6.19. The van der Waals surface area contributed by atoms with E-state index in [0.717, 1.165) is 12.8 Å². The van der Waals surface area contributed by atoms with Crippen molar-refractivity contribution in [1.29, 1.82) is 0 Å². The number of hydrogen-bond acceptors (Lipinski definition) is 4. The van der Waals surface area contributed by atoms with E-state index in [2.05, 4.69) is 12.2 Å². The minimum atomic E-state index is -0.361. The summed E-state index contributed by atoms with van der Waals surface area (Å²) in [5.41, 5.74) is 0.661. The van der Waals surface area contributed by atoms with E-state index in [1.54, 1.807) is 19.2 Å². The third-order valence-corrected chi connectivity index (χ3v) is 3.45. The van der Waals surface area contributed by atoms with Crippen molar-refractivity contribution in [3.05, 3.63) is 28.3 Å². The Labute approximate surface area is 106 Å². The van der Waals surface area contributed by atoms with Crippen LogP contribution in [0.25, 0.3) is 0 Å². The van der Waals surface area contributed by atoms with E-state index in [9.17, 15) is 10.1 Å². The fourth-order valence-electron chi connectivity index (χ4n) is 2.48. The van der Waals surface area contributed by atoms with E-state index in [0.29, 0.717) is 23.4 Å². The highest BCUT2D eigenvalue weighted by Crippen LogP contribution is 2.33. The zero-order valence-corrected chi connectivity index (χ0v) is 10.7. The van der Waals surface area contributed by atoms with Crippen molar-refractivity contribution >= 4 is 11.4 Å². The number of nitrogens with one attached hydrogen (secondary N) is 1. The SMILES string of the molecule is COc1ccc([N+](=O)[O-])c(NC2CCC(C)C2)c1. The third kappa shape index (κ3) is 2.72. The molecule has 1 aliphatic rings. The second-order valence-electron chi connectivity index (χ2n) is 4.90. The standard InChI is InChI=1S/C13H18N2O3/c1-9-3-4-10(7-9)14-12-8-11(18-2)5-6-13(12)15(16)17/h5-6,8-10,14H,3-4,7H2,1-2H3. The smallest absolute Gasteiger partial charge is 0.292 e. The first-order chi connectivity index (χ1) is 8.60. The van der Waals surface area contributed by atoms with Gasteiger partial charge in [0.2, 0.25) is 0 Å². The van der Waals surface area contributed by atoms with Gasteiger partial charge in [0, 0.05) is 18.2 Å². The van der Waals surface area contributed by atoms with Crippen LogP contribution in [0.1, 0.15) is 26.2 Å². The number of nitrogens with zero attached hydrogens (tertiary/aromatic N) is 1. The average Bonchev–Trinajstić information content (AvgIpc) is 2.74. The molecule has 1 aliphatic carbocycles. The Kier molecular flexibility index (Phi) is 3.69. The fraction of sp³-hybridized carbons (Fsp3) is 0.538. The lowest BCUT2D eigenvalue weighted by Crippen LogP contribution is -2.16. The Morgan fingerprint density at radius 2 is 2.22 bits per heavy atom. The molecule has 2 atom stereocenters. The average molecular weight is 250 g/mol. The Hall–Kier alpha value is -1.78. The van der Waals surface area contributed by atoms with Crippen molar-refractivity contribution < 1.29 is 9.66 Å². The van der Waals surface area contributed by atoms with Crippen molar-refractivity contribution in [1.82, 2.24) is 0 Å². The molecule has 2 rings (SSSR count). The molecule has 0 spiro atoms. The van der Waals surface area contributed by atoms with Crippen LogP contribution in [-0.2, 0) is 0 Å². The summed E-state index contributed by atoms with van der Waals surface area (Å²) in [6.07, 6.45) is 3.30. The van der Waals surface area contributed by atoms with Gasteiger partial charge in [-0.25, -0.2) is 0 Å². The maximum atomic E-state index is 11.0. The second-order valence-corrected chi connectivity index (χ2v) is 4.90. The molecule has 5 heteroatoms. The maximum absolute atomic E-state index is 11.0. The van der Waals surface area contributed by atoms with Gasteiger partial charge < -0.3 is 10.1 Å². The van der Waals surface area contributed by atoms with Crippen molar-refractivity contribution in [2.75, 3.05) is 12.4 Å². The van der Waals surface area contributed by atoms with Gasteiger partial charge in [0.1, 0.15) is 11.4 Å². The molecule has 98 valence electrons. The van der Waals surface area contributed by atoms with Crippen LogP contribution in [0, 0.1) is 16.0 Å². The van der Waals surface area contributed by atoms with E-state index in [1.165, 1.54) is 12.5 Å². The molecule has 5 nitrogen and oxygen atoms in total. The molecule has 1 aromatic carbocycles. The van der Waals surface area contributed by atoms with Crippen molar-refractivity contribution in [3.8, 4) is 5.75 Å². The first kappa shape index (κ1) is 12.7. The highest BCUT2D eigenvalue weighted by Gasteiger charge is 2.24. The first-order valence-electron chi connectivity index (χ1n) is 6.19. The Morgan fingerprint density at radius 1 is 1.44 bits per heavy atom. The number of nitro groups is 1. The zero-order valence-electron chi connectivity index (χ0n) is 10.7. The highest BCUT2D eigenvalue weighted by molar-refractivity contribution is 5.64. The summed E-state index contributed by atoms with van der Waals surface area (Å²) in [6, 6.07) is 5.12. The number of nitro benzene ring substituents is 1. The van der Waals surface area contributed by atoms with E-state index in [-0.39, 0.29) is 10.6 Å². The second kappa shape index (κ2) is 5.25. The molecule has 0 bridgehead atoms. The number of rotatable bonds is 4. The Bertz CT molecular complexity index is 448. The molecule has 2 unspecified atom stereocenters. The largest absolute Gasteiger partial charge is 0.497 e. The van der Waals surface area contributed by atoms with Gasteiger partial charge in [-0.1, -0.05) is 6.92 Å². The number of anilines is 1. The van der Waals surface area contributed by atoms with Crippen molar-refractivity contribution in [2.45, 2.75) is 32.2 Å². The van der Waals surface area contributed by atoms with Crippen LogP contribution < -0.4 is 10.1 Å². The van der Waals surface area contributed by atoms with Crippen LogP contribution in [0.5, 0.6) is 5.75 Å². The summed E-state index contributed by atoms with van der Waals surface area (Å²) in [5.74, 6) is 1.32. The van der Waals surface area contributed by atoms with Gasteiger partial charge in [0.05, 0.1) is 12.0 Å². The number of ether oxygens (including phenoxy) is 1. The molecule has 1 aromatic rings. The Balaban J connectivity index is 2.21. The van der Waals surface area contributed by atoms with Gasteiger partial charge in [-0.05, 0) is 31.2 Å². The van der Waals surface area contributed by atoms with Crippen LogP contribution in [0.4, 0.5) is 11.4 Å². The van der Waals surface area contributed by atoms with Crippen LogP contribution in [-0.4, -0.2) is 18.1 Å². The van der Waals surface area contributed by atoms with Gasteiger partial charge in [0.25, 0.3) is 5.69 Å². The van der Waals surface area contributed by atoms with Crippen LogP contribution in [0.15, 0.2) is 18.2 Å². The lowest BCUT2D eigenvalue weighted by molar-refractivity contribution is -0.384. The van der Waals surface area contributed by atoms with Gasteiger partial charge >= 0.3 is 0 Å². The summed E-state index contributed by atoms with van der Waals surface area (Å²) in [6.45, 7) is 2.21. The lowest BCUT2D eigenvalue weighted by Gasteiger charge is -2.14. The van der Waals surface area contributed by atoms with Crippen LogP contribution in [0.2, 0.25) is 0 Å². The summed E-state index contributed by atoms with van der Waals surface area (Å²) >= 11 is 0. The number of benzene rings is 1. The number of methoxy groups -OCH3 is 1. The van der Waals surface area contributed by atoms with E-state index >= 15 is 0 Å². The molecular formula is C13H18N2O3. The van der Waals surface area contributed by atoms with E-state index in [1.807, 2.05) is 0 Å². The van der Waals surface area contributed by atoms with E-state index < -0.39 is 0 Å². The predicted molar refractivity (Wildman–Crippen MR) is 70.1 cm³/mol. The van der Waals surface area contributed by atoms with Crippen LogP contribution >= 0.6 is 0 Å². The maximum Gasteiger partial charge on any atom is 0.292 e. The third-order valence-electron chi connectivity index (χ3n) is 3.45.